The highest BCUT2D eigenvalue weighted by Crippen LogP contribution is 2.38. The lowest BCUT2D eigenvalue weighted by Gasteiger charge is -2.50. The lowest BCUT2D eigenvalue weighted by Crippen LogP contribution is -2.81. The van der Waals surface area contributed by atoms with Gasteiger partial charge in [0.1, 0.15) is 40.6 Å². The highest BCUT2D eigenvalue weighted by molar-refractivity contribution is 7.03. The molecular formula is C33H18BF15N2O3. The molecule has 2 aliphatic rings. The van der Waals surface area contributed by atoms with Gasteiger partial charge in [0.2, 0.25) is 5.82 Å². The fraction of sp³-hybridized carbons (Fsp3) is 0.212. The van der Waals surface area contributed by atoms with Crippen molar-refractivity contribution in [3.8, 4) is 5.75 Å². The number of nitrogens with zero attached hydrogens (tertiary/aromatic N) is 2. The number of methoxy groups -OCH3 is 1. The molecule has 0 saturated heterocycles. The number of hydrogen-bond donors (Lipinski definition) is 0. The number of benzene rings is 4. The van der Waals surface area contributed by atoms with E-state index in [1.807, 2.05) is 0 Å². The molecule has 0 unspecified atom stereocenters. The third kappa shape index (κ3) is 5.44. The zero-order chi connectivity index (χ0) is 39.7. The highest BCUT2D eigenvalue weighted by Gasteiger charge is 2.62. The van der Waals surface area contributed by atoms with Crippen LogP contribution in [0.4, 0.5) is 76.3 Å². The first-order valence-corrected chi connectivity index (χ1v) is 15.5. The van der Waals surface area contributed by atoms with Gasteiger partial charge in [-0.3, -0.25) is 0 Å². The molecule has 2 amide bonds. The fourth-order valence-electron chi connectivity index (χ4n) is 6.78. The quantitative estimate of drug-likeness (QED) is 0.0660. The monoisotopic (exact) mass is 786 g/mol. The molecule has 0 atom stereocenters. The second-order valence-electron chi connectivity index (χ2n) is 12.1. The summed E-state index contributed by atoms with van der Waals surface area (Å²) in [6.45, 7) is -5.93. The van der Waals surface area contributed by atoms with E-state index in [1.54, 1.807) is 0 Å². The molecule has 1 heterocycles. The zero-order valence-corrected chi connectivity index (χ0v) is 26.8. The summed E-state index contributed by atoms with van der Waals surface area (Å²) in [4.78, 5) is 14.6. The van der Waals surface area contributed by atoms with Gasteiger partial charge in [0.15, 0.2) is 58.2 Å². The Bertz CT molecular complexity index is 2120. The molecule has 5 nitrogen and oxygen atoms in total. The summed E-state index contributed by atoms with van der Waals surface area (Å²) in [5.74, 6) is -46.4. The molecule has 0 spiro atoms. The number of urea groups is 1. The minimum atomic E-state index is -5.93. The molecule has 4 aromatic rings. The first kappa shape index (κ1) is 38.4. The SMILES string of the molecule is COc1ccc(N2C(=O)[N+](C3CCCCC3)=C(c3c(F)c(F)c(F)c(F)c3F)O[B-]2(c2c(F)c(F)c(F)c(F)c2F)c2c(F)c(F)c(F)c(F)c2F)cc1. The van der Waals surface area contributed by atoms with Gasteiger partial charge < -0.3 is 14.2 Å². The summed E-state index contributed by atoms with van der Waals surface area (Å²) in [6.07, 6.45) is 0.382. The zero-order valence-electron chi connectivity index (χ0n) is 26.8. The number of carbonyl (C=O) groups is 1. The topological polar surface area (TPSA) is 41.8 Å². The van der Waals surface area contributed by atoms with Crippen LogP contribution in [0.5, 0.6) is 5.75 Å². The van der Waals surface area contributed by atoms with E-state index in [0.29, 0.717) is 6.42 Å². The van der Waals surface area contributed by atoms with Crippen molar-refractivity contribution in [2.45, 2.75) is 38.1 Å². The number of hydrogen-bond acceptors (Lipinski definition) is 3. The lowest BCUT2D eigenvalue weighted by molar-refractivity contribution is -0.483. The molecule has 54 heavy (non-hydrogen) atoms. The van der Waals surface area contributed by atoms with Crippen molar-refractivity contribution in [2.24, 2.45) is 0 Å². The predicted octanol–water partition coefficient (Wildman–Crippen LogP) is 7.79. The molecule has 0 aromatic heterocycles. The van der Waals surface area contributed by atoms with Crippen LogP contribution in [0, 0.1) is 87.3 Å². The van der Waals surface area contributed by atoms with E-state index in [2.05, 4.69) is 0 Å². The van der Waals surface area contributed by atoms with Crippen LogP contribution in [-0.4, -0.2) is 36.1 Å². The lowest BCUT2D eigenvalue weighted by atomic mass is 9.38. The van der Waals surface area contributed by atoms with Crippen LogP contribution in [0.15, 0.2) is 24.3 Å². The number of rotatable bonds is 6. The van der Waals surface area contributed by atoms with E-state index < -0.39 is 134 Å². The molecule has 1 aliphatic heterocycles. The Morgan fingerprint density at radius 1 is 0.574 bits per heavy atom. The first-order chi connectivity index (χ1) is 25.4. The van der Waals surface area contributed by atoms with Gasteiger partial charge in [-0.05, 0) is 60.9 Å². The van der Waals surface area contributed by atoms with E-state index in [1.165, 1.54) is 0 Å². The number of carbonyl (C=O) groups excluding carboxylic acids is 1. The summed E-state index contributed by atoms with van der Waals surface area (Å²) in [5, 5.41) is 0. The third-order valence-corrected chi connectivity index (χ3v) is 9.26. The van der Waals surface area contributed by atoms with E-state index in [4.69, 9.17) is 9.39 Å². The van der Waals surface area contributed by atoms with Crippen LogP contribution in [0.1, 0.15) is 37.7 Å². The predicted molar refractivity (Wildman–Crippen MR) is 157 cm³/mol. The van der Waals surface area contributed by atoms with Crippen molar-refractivity contribution in [3.63, 3.8) is 0 Å². The van der Waals surface area contributed by atoms with Crippen molar-refractivity contribution in [1.82, 2.24) is 0 Å². The Labute approximate surface area is 292 Å². The number of ether oxygens (including phenoxy) is 1. The van der Waals surface area contributed by atoms with Crippen molar-refractivity contribution >= 4 is 35.0 Å². The van der Waals surface area contributed by atoms with Gasteiger partial charge in [0.25, 0.3) is 5.90 Å². The smallest absolute Gasteiger partial charge is 0.458 e. The Morgan fingerprint density at radius 2 is 0.944 bits per heavy atom. The van der Waals surface area contributed by atoms with Crippen molar-refractivity contribution < 1.29 is 84.6 Å². The van der Waals surface area contributed by atoms with Crippen LogP contribution in [0.2, 0.25) is 0 Å². The van der Waals surface area contributed by atoms with E-state index in [9.17, 15) is 26.7 Å². The van der Waals surface area contributed by atoms with E-state index in [-0.39, 0.29) is 40.8 Å². The maximum absolute atomic E-state index is 16.1. The number of anilines is 1. The van der Waals surface area contributed by atoms with E-state index in [0.717, 1.165) is 31.4 Å². The summed E-state index contributed by atoms with van der Waals surface area (Å²) < 4.78 is 239. The fourth-order valence-corrected chi connectivity index (χ4v) is 6.78. The molecular weight excluding hydrogens is 768 g/mol. The van der Waals surface area contributed by atoms with Crippen LogP contribution in [-0.2, 0) is 4.65 Å². The average Bonchev–Trinajstić information content (AvgIpc) is 3.17. The molecule has 6 rings (SSSR count). The summed E-state index contributed by atoms with van der Waals surface area (Å²) in [7, 11) is 1.10. The Hall–Kier alpha value is -5.37. The Kier molecular flexibility index (Phi) is 9.81. The van der Waals surface area contributed by atoms with Gasteiger partial charge in [-0.1, -0.05) is 6.42 Å². The van der Waals surface area contributed by atoms with Crippen molar-refractivity contribution in [2.75, 3.05) is 11.9 Å². The molecule has 1 fully saturated rings. The standard InChI is InChI=1S/C33H18BF15N2O3/c1-53-13-9-7-12(8-10-13)51-33(52)50(11-5-3-2-4-6-11)32(14-17(35)23(41)29(47)24(42)18(14)36)54-34(51,15-19(37)25(43)30(48)26(44)20(15)38)16-21(39)27(45)31(49)28(46)22(16)40/h7-11H,2-6H2,1H3. The summed E-state index contributed by atoms with van der Waals surface area (Å²) in [5.41, 5.74) is -8.54. The number of halogens is 15. The molecule has 1 saturated carbocycles. The van der Waals surface area contributed by atoms with Gasteiger partial charge in [-0.15, -0.1) is 0 Å². The molecule has 0 N–H and O–H groups in total. The minimum Gasteiger partial charge on any atom is -0.640 e. The summed E-state index contributed by atoms with van der Waals surface area (Å²) in [6, 6.07) is -0.193. The largest absolute Gasteiger partial charge is 0.640 e. The minimum absolute atomic E-state index is 0.104. The molecule has 21 heteroatoms. The third-order valence-electron chi connectivity index (χ3n) is 9.26. The number of amides is 2. The highest BCUT2D eigenvalue weighted by atomic mass is 19.2. The average molecular weight is 786 g/mol. The molecule has 1 aliphatic carbocycles. The second-order valence-corrected chi connectivity index (χ2v) is 12.1. The second kappa shape index (κ2) is 13.8. The maximum Gasteiger partial charge on any atom is 0.458 e. The van der Waals surface area contributed by atoms with Gasteiger partial charge in [-0.2, -0.15) is 4.58 Å². The van der Waals surface area contributed by atoms with Gasteiger partial charge in [0, 0.05) is 0 Å². The molecule has 0 radical (unpaired) electrons. The molecule has 4 aromatic carbocycles. The first-order valence-electron chi connectivity index (χ1n) is 15.5. The molecule has 0 bridgehead atoms. The summed E-state index contributed by atoms with van der Waals surface area (Å²) >= 11 is 0. The van der Waals surface area contributed by atoms with Crippen LogP contribution >= 0.6 is 0 Å². The van der Waals surface area contributed by atoms with Crippen molar-refractivity contribution in [3.05, 3.63) is 117 Å². The molecule has 286 valence electrons. The Balaban J connectivity index is 1.94. The normalized spacial score (nSPS) is 16.3. The van der Waals surface area contributed by atoms with Crippen molar-refractivity contribution in [1.29, 1.82) is 0 Å². The maximum atomic E-state index is 16.1. The van der Waals surface area contributed by atoms with Crippen LogP contribution in [0.3, 0.4) is 0 Å². The van der Waals surface area contributed by atoms with Gasteiger partial charge >= 0.3 is 12.5 Å². The van der Waals surface area contributed by atoms with Gasteiger partial charge in [-0.25, -0.2) is 70.7 Å². The van der Waals surface area contributed by atoms with Crippen LogP contribution in [0.25, 0.3) is 0 Å². The van der Waals surface area contributed by atoms with E-state index >= 15 is 43.9 Å². The van der Waals surface area contributed by atoms with Crippen LogP contribution < -0.4 is 20.5 Å². The van der Waals surface area contributed by atoms with Gasteiger partial charge in [0.05, 0.1) is 12.8 Å². The Morgan fingerprint density at radius 3 is 1.33 bits per heavy atom.